The molecule has 15 heavy (non-hydrogen) atoms. The maximum Gasteiger partial charge on any atom is 0.224 e. The molecule has 0 spiro atoms. The van der Waals surface area contributed by atoms with Crippen molar-refractivity contribution in [2.75, 3.05) is 13.1 Å². The second-order valence-corrected chi connectivity index (χ2v) is 4.08. The molecule has 0 radical (unpaired) electrons. The van der Waals surface area contributed by atoms with Crippen LogP contribution in [0.15, 0.2) is 0 Å². The zero-order valence-electron chi connectivity index (χ0n) is 10.5. The molecule has 2 N–H and O–H groups in total. The Bertz CT molecular complexity index is 171. The lowest BCUT2D eigenvalue weighted by Crippen LogP contribution is -2.36. The van der Waals surface area contributed by atoms with Gasteiger partial charge in [0.1, 0.15) is 0 Å². The Morgan fingerprint density at radius 1 is 1.27 bits per heavy atom. The van der Waals surface area contributed by atoms with E-state index < -0.39 is 0 Å². The number of rotatable bonds is 8. The van der Waals surface area contributed by atoms with Gasteiger partial charge in [-0.05, 0) is 19.8 Å². The van der Waals surface area contributed by atoms with E-state index in [4.69, 9.17) is 5.73 Å². The average molecular weight is 214 g/mol. The van der Waals surface area contributed by atoms with Gasteiger partial charge in [0.05, 0.1) is 0 Å². The number of carbonyl (C=O) groups excluding carboxylic acids is 1. The Hall–Kier alpha value is -0.570. The molecule has 1 amide bonds. The summed E-state index contributed by atoms with van der Waals surface area (Å²) in [5.74, 6) is 0.215. The van der Waals surface area contributed by atoms with Crippen molar-refractivity contribution in [1.29, 1.82) is 0 Å². The van der Waals surface area contributed by atoms with Crippen molar-refractivity contribution in [3.63, 3.8) is 0 Å². The lowest BCUT2D eigenvalue weighted by Gasteiger charge is -2.22. The molecule has 0 saturated heterocycles. The Morgan fingerprint density at radius 2 is 1.93 bits per heavy atom. The molecular formula is C12H26N2O. The summed E-state index contributed by atoms with van der Waals surface area (Å²) in [6, 6.07) is 0.0400. The number of hydrogen-bond acceptors (Lipinski definition) is 2. The molecule has 0 saturated carbocycles. The van der Waals surface area contributed by atoms with Crippen LogP contribution in [0.3, 0.4) is 0 Å². The standard InChI is InChI=1S/C12H26N2O/c1-4-7-9-14(6-3)12(15)10-11(13)8-5-2/h11H,4-10,13H2,1-3H3. The molecule has 0 aliphatic heterocycles. The highest BCUT2D eigenvalue weighted by molar-refractivity contribution is 5.76. The first kappa shape index (κ1) is 14.4. The normalized spacial score (nSPS) is 12.5. The molecule has 0 bridgehead atoms. The second-order valence-electron chi connectivity index (χ2n) is 4.08. The van der Waals surface area contributed by atoms with E-state index in [-0.39, 0.29) is 11.9 Å². The SMILES string of the molecule is CCCCN(CC)C(=O)CC(N)CCC. The van der Waals surface area contributed by atoms with Gasteiger partial charge in [-0.3, -0.25) is 4.79 Å². The summed E-state index contributed by atoms with van der Waals surface area (Å²) in [7, 11) is 0. The zero-order valence-corrected chi connectivity index (χ0v) is 10.5. The molecule has 0 aromatic heterocycles. The van der Waals surface area contributed by atoms with Crippen LogP contribution in [-0.2, 0) is 4.79 Å². The molecule has 1 atom stereocenters. The Labute approximate surface area is 94.0 Å². The van der Waals surface area contributed by atoms with Crippen LogP contribution in [-0.4, -0.2) is 29.9 Å². The maximum atomic E-state index is 11.8. The van der Waals surface area contributed by atoms with Crippen LogP contribution < -0.4 is 5.73 Å². The van der Waals surface area contributed by atoms with Crippen molar-refractivity contribution >= 4 is 5.91 Å². The number of amides is 1. The van der Waals surface area contributed by atoms with Gasteiger partial charge in [-0.1, -0.05) is 26.7 Å². The maximum absolute atomic E-state index is 11.8. The third kappa shape index (κ3) is 6.50. The van der Waals surface area contributed by atoms with E-state index >= 15 is 0 Å². The fraction of sp³-hybridized carbons (Fsp3) is 0.917. The summed E-state index contributed by atoms with van der Waals surface area (Å²) >= 11 is 0. The van der Waals surface area contributed by atoms with Crippen molar-refractivity contribution in [3.05, 3.63) is 0 Å². The minimum absolute atomic E-state index is 0.0400. The number of hydrogen-bond donors (Lipinski definition) is 1. The summed E-state index contributed by atoms with van der Waals surface area (Å²) in [5, 5.41) is 0. The van der Waals surface area contributed by atoms with Gasteiger partial charge in [-0.25, -0.2) is 0 Å². The predicted molar refractivity (Wildman–Crippen MR) is 64.7 cm³/mol. The molecule has 3 heteroatoms. The Kier molecular flexibility index (Phi) is 8.38. The summed E-state index contributed by atoms with van der Waals surface area (Å²) in [4.78, 5) is 13.7. The Balaban J connectivity index is 3.91. The van der Waals surface area contributed by atoms with Crippen molar-refractivity contribution in [2.45, 2.75) is 58.9 Å². The molecular weight excluding hydrogens is 188 g/mol. The molecule has 0 aromatic rings. The third-order valence-electron chi connectivity index (χ3n) is 2.61. The van der Waals surface area contributed by atoms with Gasteiger partial charge in [0.2, 0.25) is 5.91 Å². The molecule has 0 aliphatic rings. The first-order valence-electron chi connectivity index (χ1n) is 6.18. The number of nitrogens with zero attached hydrogens (tertiary/aromatic N) is 1. The van der Waals surface area contributed by atoms with E-state index in [9.17, 15) is 4.79 Å². The first-order chi connectivity index (χ1) is 7.15. The Morgan fingerprint density at radius 3 is 2.40 bits per heavy atom. The number of carbonyl (C=O) groups is 1. The van der Waals surface area contributed by atoms with Gasteiger partial charge in [0.25, 0.3) is 0 Å². The van der Waals surface area contributed by atoms with Crippen LogP contribution in [0.4, 0.5) is 0 Å². The highest BCUT2D eigenvalue weighted by Gasteiger charge is 2.14. The quantitative estimate of drug-likeness (QED) is 0.673. The van der Waals surface area contributed by atoms with Crippen LogP contribution in [0.1, 0.15) is 52.9 Å². The molecule has 0 fully saturated rings. The molecule has 0 heterocycles. The lowest BCUT2D eigenvalue weighted by molar-refractivity contribution is -0.131. The molecule has 3 nitrogen and oxygen atoms in total. The highest BCUT2D eigenvalue weighted by Crippen LogP contribution is 2.04. The molecule has 0 rings (SSSR count). The van der Waals surface area contributed by atoms with Crippen LogP contribution in [0.5, 0.6) is 0 Å². The van der Waals surface area contributed by atoms with Crippen molar-refractivity contribution in [1.82, 2.24) is 4.90 Å². The van der Waals surface area contributed by atoms with Crippen LogP contribution in [0.2, 0.25) is 0 Å². The second kappa shape index (κ2) is 8.72. The fourth-order valence-corrected chi connectivity index (χ4v) is 1.63. The monoisotopic (exact) mass is 214 g/mol. The largest absolute Gasteiger partial charge is 0.343 e. The summed E-state index contributed by atoms with van der Waals surface area (Å²) < 4.78 is 0. The minimum Gasteiger partial charge on any atom is -0.343 e. The predicted octanol–water partition coefficient (Wildman–Crippen LogP) is 2.15. The molecule has 90 valence electrons. The van der Waals surface area contributed by atoms with E-state index in [1.807, 2.05) is 11.8 Å². The van der Waals surface area contributed by atoms with Crippen LogP contribution in [0.25, 0.3) is 0 Å². The average Bonchev–Trinajstić information content (AvgIpc) is 2.19. The minimum atomic E-state index is 0.0400. The van der Waals surface area contributed by atoms with E-state index in [1.165, 1.54) is 0 Å². The van der Waals surface area contributed by atoms with Gasteiger partial charge in [0.15, 0.2) is 0 Å². The van der Waals surface area contributed by atoms with E-state index in [0.29, 0.717) is 6.42 Å². The highest BCUT2D eigenvalue weighted by atomic mass is 16.2. The van der Waals surface area contributed by atoms with E-state index in [1.54, 1.807) is 0 Å². The first-order valence-corrected chi connectivity index (χ1v) is 6.18. The van der Waals surface area contributed by atoms with Crippen molar-refractivity contribution in [2.24, 2.45) is 5.73 Å². The summed E-state index contributed by atoms with van der Waals surface area (Å²) in [6.07, 6.45) is 4.71. The van der Waals surface area contributed by atoms with Gasteiger partial charge in [-0.2, -0.15) is 0 Å². The van der Waals surface area contributed by atoms with E-state index in [2.05, 4.69) is 13.8 Å². The van der Waals surface area contributed by atoms with Gasteiger partial charge >= 0.3 is 0 Å². The molecule has 0 aliphatic carbocycles. The van der Waals surface area contributed by atoms with Crippen LogP contribution >= 0.6 is 0 Å². The number of nitrogens with two attached hydrogens (primary N) is 1. The zero-order chi connectivity index (χ0) is 11.7. The summed E-state index contributed by atoms with van der Waals surface area (Å²) in [6.45, 7) is 7.95. The number of unbranched alkanes of at least 4 members (excludes halogenated alkanes) is 1. The molecule has 1 unspecified atom stereocenters. The van der Waals surface area contributed by atoms with Gasteiger partial charge < -0.3 is 10.6 Å². The third-order valence-corrected chi connectivity index (χ3v) is 2.61. The fourth-order valence-electron chi connectivity index (χ4n) is 1.63. The lowest BCUT2D eigenvalue weighted by atomic mass is 10.1. The molecule has 0 aromatic carbocycles. The van der Waals surface area contributed by atoms with Gasteiger partial charge in [0, 0.05) is 25.6 Å². The van der Waals surface area contributed by atoms with Crippen LogP contribution in [0, 0.1) is 0 Å². The summed E-state index contributed by atoms with van der Waals surface area (Å²) in [5.41, 5.74) is 5.86. The van der Waals surface area contributed by atoms with E-state index in [0.717, 1.165) is 38.8 Å². The smallest absolute Gasteiger partial charge is 0.224 e. The van der Waals surface area contributed by atoms with Crippen molar-refractivity contribution in [3.8, 4) is 0 Å². The van der Waals surface area contributed by atoms with Gasteiger partial charge in [-0.15, -0.1) is 0 Å². The topological polar surface area (TPSA) is 46.3 Å². The van der Waals surface area contributed by atoms with Crippen molar-refractivity contribution < 1.29 is 4.79 Å².